The van der Waals surface area contributed by atoms with Gasteiger partial charge in [0.1, 0.15) is 0 Å². The van der Waals surface area contributed by atoms with E-state index in [0.717, 1.165) is 64.7 Å². The summed E-state index contributed by atoms with van der Waals surface area (Å²) >= 11 is 0. The molecule has 3 heterocycles. The van der Waals surface area contributed by atoms with Gasteiger partial charge in [0.05, 0.1) is 21.2 Å². The minimum absolute atomic E-state index is 0.00190. The molecule has 10 N–H and O–H groups in total. The predicted octanol–water partition coefficient (Wildman–Crippen LogP) is 6.24. The molecule has 1 saturated heterocycles. The van der Waals surface area contributed by atoms with E-state index < -0.39 is 43.7 Å². The van der Waals surface area contributed by atoms with Gasteiger partial charge in [0.25, 0.3) is 31.9 Å². The molecular formula is C68H84N14O10S2+2. The molecule has 94 heavy (non-hydrogen) atoms. The second kappa shape index (κ2) is 32.4. The maximum absolute atomic E-state index is 13.6. The lowest BCUT2D eigenvalue weighted by Crippen LogP contribution is -2.48. The molecule has 4 aromatic carbocycles. The standard InChI is InChI=1S/C68H82N14O10S2/c1-47-17-27-59(49(3)63(47)71-61(83)45-81-37-29-53(30-38-81)51-13-7-5-8-14-51)93(89,90)77-57-23-19-55(20-24-57)73-75-67(87)65(85)69-33-11-35-79-41-43-80(44-42-79)36-12-34-70-66(86)68(88)76-74-56-21-25-58(26-22-56)78-94(91,92)60-28-18-48(2)64(50(60)4)72-62(84)46-82-39-31-54(32-40-82)52-15-9-6-10-16-52/h5-7,9,17-32,37-40,51-52H,8,10-16,33-36,41-46H2,1-4H3,(H8-2,69,70,71,72,73,74,75,76,77,78,83,84,85,86,87,88)/p+2. The minimum Gasteiger partial charge on any atom is -0.348 e. The Kier molecular flexibility index (Phi) is 23.7. The maximum atomic E-state index is 13.6. The lowest BCUT2D eigenvalue weighted by molar-refractivity contribution is -0.684. The van der Waals surface area contributed by atoms with Crippen LogP contribution in [0.25, 0.3) is 0 Å². The zero-order valence-corrected chi connectivity index (χ0v) is 55.1. The first-order chi connectivity index (χ1) is 45.2. The Labute approximate surface area is 549 Å². The number of aromatic nitrogens is 2. The molecule has 1 aliphatic heterocycles. The number of allylic oxidation sites excluding steroid dienone is 4. The highest BCUT2D eigenvalue weighted by atomic mass is 32.2. The number of carbonyl (C=O) groups is 6. The summed E-state index contributed by atoms with van der Waals surface area (Å²) in [5.41, 5.74) is 16.8. The molecule has 6 amide bonds. The number of pyridine rings is 2. The number of anilines is 6. The number of nitrogens with zero attached hydrogens (tertiary/aromatic N) is 4. The molecular weight excluding hydrogens is 1240 g/mol. The average molecular weight is 1320 g/mol. The summed E-state index contributed by atoms with van der Waals surface area (Å²) < 4.78 is 63.3. The molecule has 496 valence electrons. The Morgan fingerprint density at radius 1 is 0.457 bits per heavy atom. The highest BCUT2D eigenvalue weighted by Crippen LogP contribution is 2.32. The van der Waals surface area contributed by atoms with Crippen LogP contribution in [0.15, 0.2) is 156 Å². The number of sulfonamides is 2. The summed E-state index contributed by atoms with van der Waals surface area (Å²) in [6.45, 7) is 12.1. The Morgan fingerprint density at radius 2 is 0.819 bits per heavy atom. The molecule has 0 spiro atoms. The van der Waals surface area contributed by atoms with Crippen molar-refractivity contribution in [2.24, 2.45) is 0 Å². The SMILES string of the molecule is Cc1ccc(S(=O)(=O)Nc2ccc(NNC(=O)C(=O)NCCCN3CCN(CCCNC(=O)C(=O)NNc4ccc(NS(=O)(=O)c5ccc(C)c(NC(=O)C[n+]6ccc(C7CC=CCC7)cc6)c5C)cc4)CC3)cc2)c(C)c1NC(=O)C[n+]1ccc(C2CC=CCC2)cc1. The summed E-state index contributed by atoms with van der Waals surface area (Å²) in [5, 5.41) is 11.1. The molecule has 0 bridgehead atoms. The van der Waals surface area contributed by atoms with Crippen LogP contribution < -0.4 is 61.5 Å². The predicted molar refractivity (Wildman–Crippen MR) is 360 cm³/mol. The van der Waals surface area contributed by atoms with Crippen molar-refractivity contribution in [1.29, 1.82) is 0 Å². The van der Waals surface area contributed by atoms with Crippen LogP contribution in [0.5, 0.6) is 0 Å². The molecule has 24 nitrogen and oxygen atoms in total. The van der Waals surface area contributed by atoms with Crippen LogP contribution in [-0.2, 0) is 61.9 Å². The second-order valence-electron chi connectivity index (χ2n) is 23.9. The number of aryl methyl sites for hydroxylation is 2. The zero-order chi connectivity index (χ0) is 66.8. The number of hydrazine groups is 2. The van der Waals surface area contributed by atoms with Crippen LogP contribution in [0.3, 0.4) is 0 Å². The summed E-state index contributed by atoms with van der Waals surface area (Å²) in [6, 6.07) is 26.6. The van der Waals surface area contributed by atoms with Crippen molar-refractivity contribution in [2.45, 2.75) is 114 Å². The number of piperazine rings is 1. The molecule has 6 aromatic rings. The monoisotopic (exact) mass is 1320 g/mol. The summed E-state index contributed by atoms with van der Waals surface area (Å²) in [7, 11) is -8.19. The summed E-state index contributed by atoms with van der Waals surface area (Å²) in [5.74, 6) is -3.11. The van der Waals surface area contributed by atoms with Gasteiger partial charge in [0.15, 0.2) is 24.8 Å². The van der Waals surface area contributed by atoms with Crippen molar-refractivity contribution < 1.29 is 54.7 Å². The molecule has 2 atom stereocenters. The van der Waals surface area contributed by atoms with Gasteiger partial charge in [0.2, 0.25) is 13.1 Å². The fourth-order valence-electron chi connectivity index (χ4n) is 11.6. The van der Waals surface area contributed by atoms with Gasteiger partial charge >= 0.3 is 23.6 Å². The molecule has 0 saturated carbocycles. The Morgan fingerprint density at radius 3 is 1.17 bits per heavy atom. The number of benzene rings is 4. The van der Waals surface area contributed by atoms with Gasteiger partial charge in [-0.05, 0) is 198 Å². The fraction of sp³-hybridized carbons (Fsp3) is 0.353. The van der Waals surface area contributed by atoms with Gasteiger partial charge in [0, 0.05) is 86.3 Å². The summed E-state index contributed by atoms with van der Waals surface area (Å²) in [4.78, 5) is 81.3. The Bertz CT molecular complexity index is 3730. The van der Waals surface area contributed by atoms with Crippen LogP contribution in [0, 0.1) is 27.7 Å². The van der Waals surface area contributed by atoms with E-state index in [0.29, 0.717) is 82.8 Å². The lowest BCUT2D eigenvalue weighted by Gasteiger charge is -2.34. The van der Waals surface area contributed by atoms with Crippen LogP contribution in [0.1, 0.15) is 96.6 Å². The van der Waals surface area contributed by atoms with Gasteiger partial charge in [-0.15, -0.1) is 0 Å². The van der Waals surface area contributed by atoms with E-state index >= 15 is 0 Å². The van der Waals surface area contributed by atoms with E-state index in [-0.39, 0.29) is 59.2 Å². The number of nitrogens with one attached hydrogen (secondary N) is 10. The third-order valence-electron chi connectivity index (χ3n) is 17.0. The molecule has 26 heteroatoms. The Balaban J connectivity index is 0.605. The lowest BCUT2D eigenvalue weighted by atomic mass is 9.88. The van der Waals surface area contributed by atoms with Gasteiger partial charge < -0.3 is 31.1 Å². The molecule has 0 radical (unpaired) electrons. The van der Waals surface area contributed by atoms with Gasteiger partial charge in [-0.1, -0.05) is 36.4 Å². The third-order valence-corrected chi connectivity index (χ3v) is 20.0. The topological polar surface area (TPSA) is 305 Å². The molecule has 9 rings (SSSR count). The molecule has 1 fully saturated rings. The minimum atomic E-state index is -4.09. The van der Waals surface area contributed by atoms with E-state index in [2.05, 4.69) is 86.5 Å². The van der Waals surface area contributed by atoms with E-state index in [4.69, 9.17) is 0 Å². The number of amides is 6. The quantitative estimate of drug-likeness (QED) is 0.00946. The largest absolute Gasteiger partial charge is 0.348 e. The number of carbonyl (C=O) groups excluding carboxylic acids is 6. The Hall–Kier alpha value is -9.50. The van der Waals surface area contributed by atoms with Crippen LogP contribution in [-0.4, -0.2) is 114 Å². The molecule has 2 unspecified atom stereocenters. The van der Waals surface area contributed by atoms with Crippen molar-refractivity contribution in [3.05, 3.63) is 180 Å². The van der Waals surface area contributed by atoms with E-state index in [1.54, 1.807) is 49.0 Å². The van der Waals surface area contributed by atoms with Crippen molar-refractivity contribution in [1.82, 2.24) is 31.3 Å². The van der Waals surface area contributed by atoms with Crippen LogP contribution in [0.2, 0.25) is 0 Å². The van der Waals surface area contributed by atoms with Crippen molar-refractivity contribution in [3.63, 3.8) is 0 Å². The maximum Gasteiger partial charge on any atom is 0.327 e. The number of rotatable bonds is 26. The first-order valence-corrected chi connectivity index (χ1v) is 34.6. The first-order valence-electron chi connectivity index (χ1n) is 31.6. The fourth-order valence-corrected chi connectivity index (χ4v) is 14.3. The van der Waals surface area contributed by atoms with Crippen molar-refractivity contribution in [3.8, 4) is 0 Å². The van der Waals surface area contributed by atoms with E-state index in [1.807, 2.05) is 49.1 Å². The van der Waals surface area contributed by atoms with Crippen LogP contribution >= 0.6 is 0 Å². The highest BCUT2D eigenvalue weighted by molar-refractivity contribution is 7.93. The van der Waals surface area contributed by atoms with Crippen molar-refractivity contribution in [2.75, 3.05) is 83.3 Å². The second-order valence-corrected chi connectivity index (χ2v) is 27.2. The van der Waals surface area contributed by atoms with Gasteiger partial charge in [-0.25, -0.2) is 16.8 Å². The summed E-state index contributed by atoms with van der Waals surface area (Å²) in [6.07, 6.45) is 23.9. The average Bonchev–Trinajstić information content (AvgIpc) is 0.799. The van der Waals surface area contributed by atoms with E-state index in [1.165, 1.54) is 71.8 Å². The first kappa shape index (κ1) is 68.9. The highest BCUT2D eigenvalue weighted by Gasteiger charge is 2.26. The molecule has 3 aliphatic rings. The van der Waals surface area contributed by atoms with Crippen molar-refractivity contribution >= 4 is 89.6 Å². The molecule has 2 aliphatic carbocycles. The van der Waals surface area contributed by atoms with Crippen LogP contribution in [0.4, 0.5) is 34.1 Å². The van der Waals surface area contributed by atoms with E-state index in [9.17, 15) is 45.6 Å². The third kappa shape index (κ3) is 19.3. The number of hydrogen-bond acceptors (Lipinski definition) is 14. The van der Waals surface area contributed by atoms with Gasteiger partial charge in [-0.2, -0.15) is 9.13 Å². The number of hydrogen-bond donors (Lipinski definition) is 10. The normalized spacial score (nSPS) is 15.8. The van der Waals surface area contributed by atoms with Gasteiger partial charge in [-0.3, -0.25) is 59.9 Å². The smallest absolute Gasteiger partial charge is 0.327 e. The molecule has 2 aromatic heterocycles. The zero-order valence-electron chi connectivity index (χ0n) is 53.4.